The molecule has 21 heavy (non-hydrogen) atoms. The lowest BCUT2D eigenvalue weighted by Crippen LogP contribution is -2.58. The van der Waals surface area contributed by atoms with E-state index in [1.807, 2.05) is 6.92 Å². The molecule has 2 aliphatic heterocycles. The van der Waals surface area contributed by atoms with Crippen molar-refractivity contribution in [1.29, 1.82) is 0 Å². The molecule has 0 aromatic heterocycles. The standard InChI is InChI=1S/C15H27N3O3/c1-10-5-4-7-18(13(10)14(19)20)15(21)16-12-6-8-17(3)9-11(12)2/h10-13H,4-9H2,1-3H3,(H,16,21)(H,19,20). The normalized spacial score (nSPS) is 34.5. The summed E-state index contributed by atoms with van der Waals surface area (Å²) in [7, 11) is 2.08. The van der Waals surface area contributed by atoms with Crippen molar-refractivity contribution in [1.82, 2.24) is 15.1 Å². The zero-order valence-electron chi connectivity index (χ0n) is 13.2. The summed E-state index contributed by atoms with van der Waals surface area (Å²) in [6.07, 6.45) is 2.66. The summed E-state index contributed by atoms with van der Waals surface area (Å²) in [6, 6.07) is -0.768. The number of amides is 2. The average Bonchev–Trinajstić information content (AvgIpc) is 2.41. The molecule has 6 heteroatoms. The Balaban J connectivity index is 1.99. The van der Waals surface area contributed by atoms with Crippen molar-refractivity contribution in [2.75, 3.05) is 26.7 Å². The van der Waals surface area contributed by atoms with Crippen LogP contribution >= 0.6 is 0 Å². The smallest absolute Gasteiger partial charge is 0.326 e. The van der Waals surface area contributed by atoms with Crippen LogP contribution in [0.4, 0.5) is 4.79 Å². The van der Waals surface area contributed by atoms with Gasteiger partial charge in [0.25, 0.3) is 0 Å². The van der Waals surface area contributed by atoms with Crippen LogP contribution in [0.3, 0.4) is 0 Å². The minimum absolute atomic E-state index is 0.0110. The van der Waals surface area contributed by atoms with E-state index in [0.29, 0.717) is 12.5 Å². The minimum Gasteiger partial charge on any atom is -0.480 e. The van der Waals surface area contributed by atoms with Crippen LogP contribution in [0.25, 0.3) is 0 Å². The van der Waals surface area contributed by atoms with Gasteiger partial charge in [0.2, 0.25) is 0 Å². The Morgan fingerprint density at radius 1 is 1.14 bits per heavy atom. The molecule has 2 saturated heterocycles. The Hall–Kier alpha value is -1.30. The molecular formula is C15H27N3O3. The number of urea groups is 1. The van der Waals surface area contributed by atoms with Gasteiger partial charge in [0.05, 0.1) is 0 Å². The van der Waals surface area contributed by atoms with Crippen molar-refractivity contribution >= 4 is 12.0 Å². The van der Waals surface area contributed by atoms with E-state index < -0.39 is 12.0 Å². The second kappa shape index (κ2) is 6.64. The molecule has 0 aromatic carbocycles. The quantitative estimate of drug-likeness (QED) is 0.804. The highest BCUT2D eigenvalue weighted by molar-refractivity contribution is 5.83. The van der Waals surface area contributed by atoms with Crippen LogP contribution in [0.1, 0.15) is 33.1 Å². The molecular weight excluding hydrogens is 270 g/mol. The highest BCUT2D eigenvalue weighted by atomic mass is 16.4. The fourth-order valence-corrected chi connectivity index (χ4v) is 3.60. The number of hydrogen-bond acceptors (Lipinski definition) is 3. The number of carboxylic acids is 1. The van der Waals surface area contributed by atoms with Gasteiger partial charge in [-0.3, -0.25) is 0 Å². The van der Waals surface area contributed by atoms with Gasteiger partial charge in [-0.25, -0.2) is 9.59 Å². The molecule has 0 spiro atoms. The highest BCUT2D eigenvalue weighted by Crippen LogP contribution is 2.24. The maximum Gasteiger partial charge on any atom is 0.326 e. The lowest BCUT2D eigenvalue weighted by molar-refractivity contribution is -0.145. The number of nitrogens with one attached hydrogen (secondary N) is 1. The third-order valence-corrected chi connectivity index (χ3v) is 4.86. The molecule has 4 unspecified atom stereocenters. The van der Waals surface area contributed by atoms with Crippen LogP contribution in [0.15, 0.2) is 0 Å². The second-order valence-electron chi connectivity index (χ2n) is 6.68. The minimum atomic E-state index is -0.895. The topological polar surface area (TPSA) is 72.9 Å². The fraction of sp³-hybridized carbons (Fsp3) is 0.867. The number of nitrogens with zero attached hydrogens (tertiary/aromatic N) is 2. The molecule has 2 aliphatic rings. The van der Waals surface area contributed by atoms with Crippen molar-refractivity contribution in [3.63, 3.8) is 0 Å². The van der Waals surface area contributed by atoms with E-state index in [9.17, 15) is 14.7 Å². The summed E-state index contributed by atoms with van der Waals surface area (Å²) < 4.78 is 0. The number of rotatable bonds is 2. The second-order valence-corrected chi connectivity index (χ2v) is 6.68. The zero-order chi connectivity index (χ0) is 15.6. The van der Waals surface area contributed by atoms with Crippen LogP contribution in [0.5, 0.6) is 0 Å². The van der Waals surface area contributed by atoms with Gasteiger partial charge in [-0.1, -0.05) is 13.8 Å². The van der Waals surface area contributed by atoms with Gasteiger partial charge in [-0.2, -0.15) is 0 Å². The molecule has 2 heterocycles. The fourth-order valence-electron chi connectivity index (χ4n) is 3.60. The number of carbonyl (C=O) groups is 2. The Morgan fingerprint density at radius 2 is 1.86 bits per heavy atom. The van der Waals surface area contributed by atoms with Gasteiger partial charge in [0, 0.05) is 19.1 Å². The lowest BCUT2D eigenvalue weighted by atomic mass is 9.90. The molecule has 2 amide bonds. The molecule has 0 bridgehead atoms. The predicted molar refractivity (Wildman–Crippen MR) is 80.1 cm³/mol. The lowest BCUT2D eigenvalue weighted by Gasteiger charge is -2.40. The van der Waals surface area contributed by atoms with Crippen LogP contribution in [-0.2, 0) is 4.79 Å². The van der Waals surface area contributed by atoms with E-state index in [0.717, 1.165) is 32.4 Å². The first kappa shape index (κ1) is 16.1. The number of likely N-dealkylation sites (tertiary alicyclic amines) is 2. The molecule has 2 N–H and O–H groups in total. The molecule has 0 aromatic rings. The maximum absolute atomic E-state index is 12.5. The first-order valence-electron chi connectivity index (χ1n) is 7.88. The van der Waals surface area contributed by atoms with Gasteiger partial charge >= 0.3 is 12.0 Å². The van der Waals surface area contributed by atoms with Crippen molar-refractivity contribution in [3.8, 4) is 0 Å². The number of aliphatic carboxylic acids is 1. The van der Waals surface area contributed by atoms with Gasteiger partial charge in [0.1, 0.15) is 6.04 Å². The molecule has 120 valence electrons. The van der Waals surface area contributed by atoms with Crippen molar-refractivity contribution in [3.05, 3.63) is 0 Å². The number of hydrogen-bond donors (Lipinski definition) is 2. The average molecular weight is 297 g/mol. The Bertz CT molecular complexity index is 402. The van der Waals surface area contributed by atoms with E-state index in [-0.39, 0.29) is 18.0 Å². The third-order valence-electron chi connectivity index (χ3n) is 4.86. The molecule has 2 rings (SSSR count). The molecule has 2 fully saturated rings. The van der Waals surface area contributed by atoms with Crippen LogP contribution in [0, 0.1) is 11.8 Å². The van der Waals surface area contributed by atoms with Crippen LogP contribution < -0.4 is 5.32 Å². The first-order valence-corrected chi connectivity index (χ1v) is 7.88. The first-order chi connectivity index (χ1) is 9.90. The van der Waals surface area contributed by atoms with Crippen LogP contribution in [-0.4, -0.2) is 65.7 Å². The van der Waals surface area contributed by atoms with Gasteiger partial charge in [-0.15, -0.1) is 0 Å². The molecule has 0 saturated carbocycles. The zero-order valence-corrected chi connectivity index (χ0v) is 13.2. The number of carbonyl (C=O) groups excluding carboxylic acids is 1. The summed E-state index contributed by atoms with van der Waals surface area (Å²) in [5.41, 5.74) is 0. The Morgan fingerprint density at radius 3 is 2.48 bits per heavy atom. The Labute approximate surface area is 126 Å². The van der Waals surface area contributed by atoms with Gasteiger partial charge in [0.15, 0.2) is 0 Å². The number of carboxylic acid groups (broad SMARTS) is 1. The summed E-state index contributed by atoms with van der Waals surface area (Å²) in [6.45, 7) is 6.51. The molecule has 0 aliphatic carbocycles. The predicted octanol–water partition coefficient (Wildman–Crippen LogP) is 1.22. The summed E-state index contributed by atoms with van der Waals surface area (Å²) in [4.78, 5) is 27.7. The van der Waals surface area contributed by atoms with Crippen molar-refractivity contribution < 1.29 is 14.7 Å². The summed E-state index contributed by atoms with van der Waals surface area (Å²) in [5, 5.41) is 12.5. The van der Waals surface area contributed by atoms with Crippen molar-refractivity contribution in [2.45, 2.75) is 45.2 Å². The van der Waals surface area contributed by atoms with E-state index in [2.05, 4.69) is 24.2 Å². The maximum atomic E-state index is 12.5. The number of piperidine rings is 2. The summed E-state index contributed by atoms with van der Waals surface area (Å²) >= 11 is 0. The Kier molecular flexibility index (Phi) is 5.08. The van der Waals surface area contributed by atoms with E-state index >= 15 is 0 Å². The molecule has 4 atom stereocenters. The molecule has 6 nitrogen and oxygen atoms in total. The van der Waals surface area contributed by atoms with Gasteiger partial charge in [-0.05, 0) is 44.7 Å². The molecule has 0 radical (unpaired) electrons. The monoisotopic (exact) mass is 297 g/mol. The van der Waals surface area contributed by atoms with Crippen molar-refractivity contribution in [2.24, 2.45) is 11.8 Å². The van der Waals surface area contributed by atoms with Crippen LogP contribution in [0.2, 0.25) is 0 Å². The SMILES string of the molecule is CC1CN(C)CCC1NC(=O)N1CCCC(C)C1C(=O)O. The van der Waals surface area contributed by atoms with E-state index in [1.54, 1.807) is 0 Å². The van der Waals surface area contributed by atoms with Gasteiger partial charge < -0.3 is 20.2 Å². The largest absolute Gasteiger partial charge is 0.480 e. The van der Waals surface area contributed by atoms with E-state index in [4.69, 9.17) is 0 Å². The van der Waals surface area contributed by atoms with E-state index in [1.165, 1.54) is 4.90 Å². The highest BCUT2D eigenvalue weighted by Gasteiger charge is 2.38. The summed E-state index contributed by atoms with van der Waals surface area (Å²) in [5.74, 6) is -0.496. The third kappa shape index (κ3) is 3.67.